The van der Waals surface area contributed by atoms with Crippen molar-refractivity contribution >= 4 is 29.1 Å². The summed E-state index contributed by atoms with van der Waals surface area (Å²) in [6.45, 7) is 9.20. The number of benzene rings is 1. The van der Waals surface area contributed by atoms with Crippen LogP contribution in [0.25, 0.3) is 17.0 Å². The minimum atomic E-state index is -0.510. The molecule has 0 radical (unpaired) electrons. The Labute approximate surface area is 180 Å². The second kappa shape index (κ2) is 7.54. The number of nitrogens with one attached hydrogen (secondary N) is 1. The fourth-order valence-corrected chi connectivity index (χ4v) is 3.98. The Morgan fingerprint density at radius 2 is 1.97 bits per heavy atom. The maximum atomic E-state index is 12.2. The number of rotatable bonds is 3. The van der Waals surface area contributed by atoms with Gasteiger partial charge in [0.15, 0.2) is 0 Å². The molecule has 0 saturated carbocycles. The van der Waals surface area contributed by atoms with Crippen molar-refractivity contribution in [2.75, 3.05) is 18.0 Å². The summed E-state index contributed by atoms with van der Waals surface area (Å²) in [4.78, 5) is 14.4. The molecule has 0 atom stereocenters. The van der Waals surface area contributed by atoms with E-state index in [2.05, 4.69) is 22.2 Å². The number of amides is 1. The molecule has 1 N–H and O–H groups in total. The molecule has 1 saturated heterocycles. The van der Waals surface area contributed by atoms with Crippen LogP contribution < -0.4 is 10.2 Å². The first kappa shape index (κ1) is 20.6. The van der Waals surface area contributed by atoms with Crippen LogP contribution in [-0.4, -0.2) is 39.9 Å². The molecule has 0 spiro atoms. The van der Waals surface area contributed by atoms with Crippen LogP contribution in [0.5, 0.6) is 0 Å². The average molecular weight is 431 g/mol. The zero-order valence-corrected chi connectivity index (χ0v) is 18.5. The van der Waals surface area contributed by atoms with E-state index < -0.39 is 5.60 Å². The fraction of sp³-hybridized carbons (Fsp3) is 0.455. The van der Waals surface area contributed by atoms with E-state index >= 15 is 0 Å². The van der Waals surface area contributed by atoms with E-state index in [4.69, 9.17) is 20.8 Å². The highest BCUT2D eigenvalue weighted by Crippen LogP contribution is 2.34. The lowest BCUT2D eigenvalue weighted by atomic mass is 9.89. The molecule has 0 unspecified atom stereocenters. The summed E-state index contributed by atoms with van der Waals surface area (Å²) in [5.41, 5.74) is 2.50. The summed E-state index contributed by atoms with van der Waals surface area (Å²) in [5, 5.41) is 8.22. The SMILES string of the molecule is CC1(NC(=O)OC(C)(C)C)CCN(c2cnn3c(-c4ccccc4Cl)coc23)CC1. The summed E-state index contributed by atoms with van der Waals surface area (Å²) in [5.74, 6) is 0. The topological polar surface area (TPSA) is 72.0 Å². The van der Waals surface area contributed by atoms with Crippen molar-refractivity contribution in [2.45, 2.75) is 51.7 Å². The van der Waals surface area contributed by atoms with E-state index in [1.165, 1.54) is 0 Å². The van der Waals surface area contributed by atoms with E-state index in [1.54, 1.807) is 10.8 Å². The highest BCUT2D eigenvalue weighted by molar-refractivity contribution is 6.33. The highest BCUT2D eigenvalue weighted by atomic mass is 35.5. The third-order valence-corrected chi connectivity index (χ3v) is 5.71. The second-order valence-corrected chi connectivity index (χ2v) is 9.43. The van der Waals surface area contributed by atoms with Gasteiger partial charge in [-0.1, -0.05) is 29.8 Å². The molecule has 1 aromatic carbocycles. The third-order valence-electron chi connectivity index (χ3n) is 5.38. The van der Waals surface area contributed by atoms with Crippen molar-refractivity contribution in [3.8, 4) is 11.3 Å². The molecule has 30 heavy (non-hydrogen) atoms. The Kier molecular flexibility index (Phi) is 5.18. The van der Waals surface area contributed by atoms with Gasteiger partial charge in [-0.15, -0.1) is 0 Å². The van der Waals surface area contributed by atoms with E-state index in [-0.39, 0.29) is 11.6 Å². The van der Waals surface area contributed by atoms with Crippen molar-refractivity contribution in [1.29, 1.82) is 0 Å². The van der Waals surface area contributed by atoms with Crippen LogP contribution in [-0.2, 0) is 4.74 Å². The number of piperidine rings is 1. The van der Waals surface area contributed by atoms with Gasteiger partial charge in [-0.2, -0.15) is 9.61 Å². The number of hydrogen-bond acceptors (Lipinski definition) is 5. The third kappa shape index (κ3) is 4.12. The van der Waals surface area contributed by atoms with Crippen molar-refractivity contribution < 1.29 is 13.9 Å². The Balaban J connectivity index is 1.48. The molecule has 2 aromatic heterocycles. The highest BCUT2D eigenvalue weighted by Gasteiger charge is 2.34. The van der Waals surface area contributed by atoms with Crippen molar-refractivity contribution in [2.24, 2.45) is 0 Å². The van der Waals surface area contributed by atoms with Crippen molar-refractivity contribution in [3.05, 3.63) is 41.7 Å². The minimum absolute atomic E-state index is 0.309. The van der Waals surface area contributed by atoms with Crippen LogP contribution >= 0.6 is 11.6 Å². The number of carbonyl (C=O) groups is 1. The molecule has 7 nitrogen and oxygen atoms in total. The quantitative estimate of drug-likeness (QED) is 0.623. The van der Waals surface area contributed by atoms with E-state index in [0.717, 1.165) is 42.9 Å². The number of oxazole rings is 1. The van der Waals surface area contributed by atoms with Crippen LogP contribution in [0.3, 0.4) is 0 Å². The molecule has 1 fully saturated rings. The van der Waals surface area contributed by atoms with Crippen LogP contribution in [0.4, 0.5) is 10.5 Å². The maximum absolute atomic E-state index is 12.2. The van der Waals surface area contributed by atoms with Gasteiger partial charge in [-0.3, -0.25) is 0 Å². The average Bonchev–Trinajstić information content (AvgIpc) is 3.23. The Hall–Kier alpha value is -2.67. The number of hydrogen-bond donors (Lipinski definition) is 1. The van der Waals surface area contributed by atoms with Gasteiger partial charge in [0.1, 0.15) is 23.2 Å². The molecule has 1 aliphatic rings. The molecule has 160 valence electrons. The van der Waals surface area contributed by atoms with Gasteiger partial charge >= 0.3 is 6.09 Å². The molecule has 4 rings (SSSR count). The zero-order chi connectivity index (χ0) is 21.5. The molecule has 3 aromatic rings. The molecule has 1 aliphatic heterocycles. The van der Waals surface area contributed by atoms with Crippen LogP contribution in [0.1, 0.15) is 40.5 Å². The normalized spacial score (nSPS) is 16.6. The lowest BCUT2D eigenvalue weighted by Crippen LogP contribution is -2.54. The van der Waals surface area contributed by atoms with Crippen LogP contribution in [0.15, 0.2) is 41.1 Å². The predicted octanol–water partition coefficient (Wildman–Crippen LogP) is 5.13. The predicted molar refractivity (Wildman–Crippen MR) is 117 cm³/mol. The molecular formula is C22H27ClN4O3. The Bertz CT molecular complexity index is 1060. The number of ether oxygens (including phenoxy) is 1. The summed E-state index contributed by atoms with van der Waals surface area (Å²) in [6, 6.07) is 7.63. The van der Waals surface area contributed by atoms with E-state index in [0.29, 0.717) is 10.7 Å². The van der Waals surface area contributed by atoms with E-state index in [9.17, 15) is 4.79 Å². The molecule has 1 amide bonds. The van der Waals surface area contributed by atoms with Gasteiger partial charge < -0.3 is 19.4 Å². The summed E-state index contributed by atoms with van der Waals surface area (Å²) in [7, 11) is 0. The number of carbonyl (C=O) groups excluding carboxylic acids is 1. The molecular weight excluding hydrogens is 404 g/mol. The number of anilines is 1. The summed E-state index contributed by atoms with van der Waals surface area (Å²) >= 11 is 6.35. The van der Waals surface area contributed by atoms with Gasteiger partial charge in [0.05, 0.1) is 11.2 Å². The number of aromatic nitrogens is 2. The monoisotopic (exact) mass is 430 g/mol. The lowest BCUT2D eigenvalue weighted by Gasteiger charge is -2.40. The molecule has 0 bridgehead atoms. The zero-order valence-electron chi connectivity index (χ0n) is 17.7. The summed E-state index contributed by atoms with van der Waals surface area (Å²) in [6.07, 6.45) is 4.72. The Morgan fingerprint density at radius 3 is 2.63 bits per heavy atom. The fourth-order valence-electron chi connectivity index (χ4n) is 3.75. The minimum Gasteiger partial charge on any atom is -0.444 e. The first-order valence-corrected chi connectivity index (χ1v) is 10.5. The lowest BCUT2D eigenvalue weighted by molar-refractivity contribution is 0.0448. The smallest absolute Gasteiger partial charge is 0.408 e. The maximum Gasteiger partial charge on any atom is 0.408 e. The van der Waals surface area contributed by atoms with Gasteiger partial charge in [-0.25, -0.2) is 4.79 Å². The number of halogens is 1. The van der Waals surface area contributed by atoms with Gasteiger partial charge in [-0.05, 0) is 46.6 Å². The summed E-state index contributed by atoms with van der Waals surface area (Å²) < 4.78 is 13.1. The number of alkyl carbamates (subject to hydrolysis) is 1. The van der Waals surface area contributed by atoms with Gasteiger partial charge in [0, 0.05) is 24.2 Å². The number of nitrogens with zero attached hydrogens (tertiary/aromatic N) is 3. The molecule has 8 heteroatoms. The van der Waals surface area contributed by atoms with Crippen LogP contribution in [0, 0.1) is 0 Å². The standard InChI is InChI=1S/C22H27ClN4O3/c1-21(2,3)30-20(28)25-22(4)9-11-26(12-10-22)17-13-24-27-18(14-29-19(17)27)15-7-5-6-8-16(15)23/h5-8,13-14H,9-12H2,1-4H3,(H,25,28). The second-order valence-electron chi connectivity index (χ2n) is 9.02. The van der Waals surface area contributed by atoms with Crippen LogP contribution in [0.2, 0.25) is 5.02 Å². The van der Waals surface area contributed by atoms with Gasteiger partial charge in [0.2, 0.25) is 5.71 Å². The largest absolute Gasteiger partial charge is 0.444 e. The first-order chi connectivity index (χ1) is 14.2. The van der Waals surface area contributed by atoms with Gasteiger partial charge in [0.25, 0.3) is 0 Å². The van der Waals surface area contributed by atoms with Crippen molar-refractivity contribution in [1.82, 2.24) is 14.9 Å². The molecule has 3 heterocycles. The molecule has 0 aliphatic carbocycles. The van der Waals surface area contributed by atoms with E-state index in [1.807, 2.05) is 51.2 Å². The first-order valence-electron chi connectivity index (χ1n) is 10.1. The Morgan fingerprint density at radius 1 is 1.27 bits per heavy atom. The van der Waals surface area contributed by atoms with Crippen molar-refractivity contribution in [3.63, 3.8) is 0 Å². The number of fused-ring (bicyclic) bond motifs is 1.